The Bertz CT molecular complexity index is 1550. The lowest BCUT2D eigenvalue weighted by Gasteiger charge is -2.11. The fourth-order valence-corrected chi connectivity index (χ4v) is 4.82. The van der Waals surface area contributed by atoms with Gasteiger partial charge < -0.3 is 15.2 Å². The van der Waals surface area contributed by atoms with Crippen molar-refractivity contribution in [2.24, 2.45) is 0 Å². The lowest BCUT2D eigenvalue weighted by atomic mass is 10.1. The van der Waals surface area contributed by atoms with Crippen LogP contribution in [-0.2, 0) is 16.6 Å². The first kappa shape index (κ1) is 24.2. The van der Waals surface area contributed by atoms with Crippen molar-refractivity contribution in [2.75, 3.05) is 17.2 Å². The van der Waals surface area contributed by atoms with Crippen molar-refractivity contribution in [3.8, 4) is 11.1 Å². The van der Waals surface area contributed by atoms with Crippen LogP contribution in [0.1, 0.15) is 0 Å². The second kappa shape index (κ2) is 11.1. The summed E-state index contributed by atoms with van der Waals surface area (Å²) in [6, 6.07) is 28.1. The van der Waals surface area contributed by atoms with Gasteiger partial charge in [-0.05, 0) is 83.9 Å². The predicted octanol–water partition coefficient (Wildman–Crippen LogP) is 5.41. The van der Waals surface area contributed by atoms with Crippen molar-refractivity contribution >= 4 is 33.0 Å². The number of hydrogen-bond acceptors (Lipinski definition) is 6. The van der Waals surface area contributed by atoms with Crippen LogP contribution in [-0.4, -0.2) is 29.5 Å². The number of hydrogen-bond donors (Lipinski definition) is 3. The summed E-state index contributed by atoms with van der Waals surface area (Å²) in [6.45, 7) is 0.875. The van der Waals surface area contributed by atoms with Crippen LogP contribution in [0.15, 0.2) is 121 Å². The second-order valence-corrected chi connectivity index (χ2v) is 10.1. The van der Waals surface area contributed by atoms with E-state index in [1.54, 1.807) is 36.7 Å². The maximum absolute atomic E-state index is 12.6. The third kappa shape index (κ3) is 6.40. The van der Waals surface area contributed by atoms with E-state index < -0.39 is 10.0 Å². The van der Waals surface area contributed by atoms with Crippen molar-refractivity contribution in [3.05, 3.63) is 116 Å². The van der Waals surface area contributed by atoms with E-state index >= 15 is 0 Å². The minimum atomic E-state index is -3.59. The molecule has 8 nitrogen and oxygen atoms in total. The molecular formula is C28H26N6O2S. The van der Waals surface area contributed by atoms with Gasteiger partial charge in [0.05, 0.1) is 4.90 Å². The van der Waals surface area contributed by atoms with E-state index in [1.807, 2.05) is 83.7 Å². The number of aromatic nitrogens is 3. The van der Waals surface area contributed by atoms with Gasteiger partial charge in [0.15, 0.2) is 0 Å². The largest absolute Gasteiger partial charge is 0.353 e. The summed E-state index contributed by atoms with van der Waals surface area (Å²) >= 11 is 0. The summed E-state index contributed by atoms with van der Waals surface area (Å²) in [5, 5.41) is 6.56. The summed E-state index contributed by atoms with van der Waals surface area (Å²) in [6.07, 6.45) is 7.29. The zero-order chi connectivity index (χ0) is 25.5. The molecule has 0 aliphatic carbocycles. The van der Waals surface area contributed by atoms with Crippen LogP contribution in [0.4, 0.5) is 23.0 Å². The Kier molecular flexibility index (Phi) is 7.25. The molecule has 186 valence electrons. The monoisotopic (exact) mass is 510 g/mol. The highest BCUT2D eigenvalue weighted by molar-refractivity contribution is 7.89. The molecule has 5 rings (SSSR count). The first-order chi connectivity index (χ1) is 18.0. The van der Waals surface area contributed by atoms with Crippen LogP contribution in [0.25, 0.3) is 11.1 Å². The van der Waals surface area contributed by atoms with Gasteiger partial charge in [-0.2, -0.15) is 0 Å². The average Bonchev–Trinajstić information content (AvgIpc) is 3.43. The summed E-state index contributed by atoms with van der Waals surface area (Å²) in [4.78, 5) is 9.03. The zero-order valence-corrected chi connectivity index (χ0v) is 20.8. The van der Waals surface area contributed by atoms with Crippen LogP contribution < -0.4 is 15.4 Å². The molecule has 0 amide bonds. The fraction of sp³-hybridized carbons (Fsp3) is 0.0714. The molecule has 0 spiro atoms. The van der Waals surface area contributed by atoms with Gasteiger partial charge in [-0.15, -0.1) is 0 Å². The SMILES string of the molecule is O=S(=O)(NCCn1cccc1)c1ccc(Nc2cc(-c3ccnc(Nc4ccccc4)c3)ccn2)cc1. The highest BCUT2D eigenvalue weighted by Gasteiger charge is 2.13. The van der Waals surface area contributed by atoms with Crippen LogP contribution >= 0.6 is 0 Å². The predicted molar refractivity (Wildman–Crippen MR) is 147 cm³/mol. The Balaban J connectivity index is 1.24. The number of pyridine rings is 2. The minimum absolute atomic E-state index is 0.211. The smallest absolute Gasteiger partial charge is 0.240 e. The van der Waals surface area contributed by atoms with E-state index in [0.29, 0.717) is 18.9 Å². The number of para-hydroxylation sites is 1. The Labute approximate surface area is 216 Å². The Morgan fingerprint density at radius 3 is 1.84 bits per heavy atom. The molecule has 3 N–H and O–H groups in total. The molecule has 0 unspecified atom stereocenters. The quantitative estimate of drug-likeness (QED) is 0.232. The van der Waals surface area contributed by atoms with E-state index in [2.05, 4.69) is 25.3 Å². The van der Waals surface area contributed by atoms with Crippen molar-refractivity contribution in [3.63, 3.8) is 0 Å². The first-order valence-corrected chi connectivity index (χ1v) is 13.3. The molecule has 5 aromatic rings. The minimum Gasteiger partial charge on any atom is -0.353 e. The molecule has 2 aromatic carbocycles. The Morgan fingerprint density at radius 2 is 1.24 bits per heavy atom. The van der Waals surface area contributed by atoms with Gasteiger partial charge in [-0.1, -0.05) is 18.2 Å². The number of rotatable bonds is 10. The fourth-order valence-electron chi connectivity index (χ4n) is 3.80. The van der Waals surface area contributed by atoms with E-state index in [-0.39, 0.29) is 4.90 Å². The summed E-state index contributed by atoms with van der Waals surface area (Å²) in [5.41, 5.74) is 3.66. The normalized spacial score (nSPS) is 11.2. The number of nitrogens with zero attached hydrogens (tertiary/aromatic N) is 3. The third-order valence-corrected chi connectivity index (χ3v) is 7.14. The molecule has 0 fully saturated rings. The Hall–Kier alpha value is -4.47. The molecule has 3 aromatic heterocycles. The summed E-state index contributed by atoms with van der Waals surface area (Å²) in [5.74, 6) is 1.39. The van der Waals surface area contributed by atoms with Crippen molar-refractivity contribution < 1.29 is 8.42 Å². The molecule has 0 aliphatic heterocycles. The molecule has 0 radical (unpaired) electrons. The number of sulfonamides is 1. The molecule has 0 saturated carbocycles. The van der Waals surface area contributed by atoms with Gasteiger partial charge in [0.25, 0.3) is 0 Å². The maximum Gasteiger partial charge on any atom is 0.240 e. The van der Waals surface area contributed by atoms with E-state index in [9.17, 15) is 8.42 Å². The molecule has 37 heavy (non-hydrogen) atoms. The second-order valence-electron chi connectivity index (χ2n) is 8.32. The topological polar surface area (TPSA) is 101 Å². The highest BCUT2D eigenvalue weighted by Crippen LogP contribution is 2.26. The van der Waals surface area contributed by atoms with Crippen LogP contribution in [0.2, 0.25) is 0 Å². The number of anilines is 4. The van der Waals surface area contributed by atoms with Gasteiger partial charge in [-0.25, -0.2) is 23.1 Å². The van der Waals surface area contributed by atoms with Crippen molar-refractivity contribution in [2.45, 2.75) is 11.4 Å². The maximum atomic E-state index is 12.6. The van der Waals surface area contributed by atoms with Gasteiger partial charge in [0.2, 0.25) is 10.0 Å². The van der Waals surface area contributed by atoms with Crippen molar-refractivity contribution in [1.29, 1.82) is 0 Å². The van der Waals surface area contributed by atoms with E-state index in [1.165, 1.54) is 0 Å². The molecule has 0 aliphatic rings. The summed E-state index contributed by atoms with van der Waals surface area (Å²) in [7, 11) is -3.59. The van der Waals surface area contributed by atoms with E-state index in [4.69, 9.17) is 0 Å². The van der Waals surface area contributed by atoms with Crippen LogP contribution in [0.3, 0.4) is 0 Å². The first-order valence-electron chi connectivity index (χ1n) is 11.8. The molecule has 0 saturated heterocycles. The van der Waals surface area contributed by atoms with Gasteiger partial charge >= 0.3 is 0 Å². The molecule has 9 heteroatoms. The number of benzene rings is 2. The molecular weight excluding hydrogens is 484 g/mol. The number of nitrogens with one attached hydrogen (secondary N) is 3. The standard InChI is InChI=1S/C28H26N6O2S/c35-37(36,31-16-19-34-17-4-5-18-34)26-10-8-25(9-11-26)33-28-21-23(13-15-30-28)22-12-14-29-27(20-22)32-24-6-2-1-3-7-24/h1-15,17-18,20-21,31H,16,19H2,(H,29,32)(H,30,33). The lowest BCUT2D eigenvalue weighted by molar-refractivity contribution is 0.573. The molecule has 3 heterocycles. The van der Waals surface area contributed by atoms with Crippen LogP contribution in [0, 0.1) is 0 Å². The lowest BCUT2D eigenvalue weighted by Crippen LogP contribution is -2.27. The summed E-state index contributed by atoms with van der Waals surface area (Å²) < 4.78 is 29.8. The third-order valence-electron chi connectivity index (χ3n) is 5.66. The molecule has 0 atom stereocenters. The molecule has 0 bridgehead atoms. The van der Waals surface area contributed by atoms with Gasteiger partial charge in [-0.3, -0.25) is 0 Å². The zero-order valence-electron chi connectivity index (χ0n) is 20.0. The van der Waals surface area contributed by atoms with E-state index in [0.717, 1.165) is 28.3 Å². The van der Waals surface area contributed by atoms with Crippen molar-refractivity contribution in [1.82, 2.24) is 19.3 Å². The average molecular weight is 511 g/mol. The Morgan fingerprint density at radius 1 is 0.676 bits per heavy atom. The van der Waals surface area contributed by atoms with Gasteiger partial charge in [0, 0.05) is 49.3 Å². The van der Waals surface area contributed by atoms with Gasteiger partial charge in [0.1, 0.15) is 11.6 Å². The highest BCUT2D eigenvalue weighted by atomic mass is 32.2. The van der Waals surface area contributed by atoms with Crippen LogP contribution in [0.5, 0.6) is 0 Å².